The molecule has 7 nitrogen and oxygen atoms in total. The molecule has 0 saturated heterocycles. The van der Waals surface area contributed by atoms with Crippen LogP contribution in [0.3, 0.4) is 0 Å². The van der Waals surface area contributed by atoms with E-state index in [9.17, 15) is 13.6 Å². The maximum atomic E-state index is 13.6. The highest BCUT2D eigenvalue weighted by Crippen LogP contribution is 2.25. The summed E-state index contributed by atoms with van der Waals surface area (Å²) in [4.78, 5) is 15.8. The smallest absolute Gasteiger partial charge is 0.324 e. The van der Waals surface area contributed by atoms with Crippen molar-refractivity contribution in [1.82, 2.24) is 14.8 Å². The Bertz CT molecular complexity index is 913. The number of amides is 2. The Morgan fingerprint density at radius 3 is 2.72 bits per heavy atom. The van der Waals surface area contributed by atoms with Crippen molar-refractivity contribution in [3.05, 3.63) is 60.4 Å². The van der Waals surface area contributed by atoms with E-state index in [0.29, 0.717) is 17.6 Å². The van der Waals surface area contributed by atoms with Crippen LogP contribution in [0, 0.1) is 11.6 Å². The summed E-state index contributed by atoms with van der Waals surface area (Å²) >= 11 is 0. The molecule has 0 fully saturated rings. The van der Waals surface area contributed by atoms with Crippen molar-refractivity contribution >= 4 is 17.5 Å². The van der Waals surface area contributed by atoms with E-state index in [4.69, 9.17) is 4.74 Å². The molecule has 2 heterocycles. The highest BCUT2D eigenvalue weighted by atomic mass is 19.1. The number of halogens is 2. The standard InChI is InChI=1S/C16H13F2N5O2/c1-23-7-5-14(22-23)21-16(24)20-11-4-6-19-15(9-11)25-13-3-2-10(17)8-12(13)18/h2-9H,1H3,(H2,19,20,21,22,24). The minimum absolute atomic E-state index is 0.0427. The minimum atomic E-state index is -0.854. The van der Waals surface area contributed by atoms with Crippen LogP contribution < -0.4 is 15.4 Å². The van der Waals surface area contributed by atoms with E-state index in [1.54, 1.807) is 24.0 Å². The van der Waals surface area contributed by atoms with Crippen molar-refractivity contribution in [2.75, 3.05) is 10.6 Å². The molecule has 2 amide bonds. The van der Waals surface area contributed by atoms with Gasteiger partial charge in [0.05, 0.1) is 0 Å². The molecule has 0 unspecified atom stereocenters. The molecule has 0 spiro atoms. The molecule has 2 N–H and O–H groups in total. The summed E-state index contributed by atoms with van der Waals surface area (Å²) in [6.45, 7) is 0. The summed E-state index contributed by atoms with van der Waals surface area (Å²) in [6, 6.07) is 6.99. The first-order chi connectivity index (χ1) is 12.0. The number of carbonyl (C=O) groups is 1. The van der Waals surface area contributed by atoms with Gasteiger partial charge in [-0.2, -0.15) is 5.10 Å². The third-order valence-electron chi connectivity index (χ3n) is 3.06. The summed E-state index contributed by atoms with van der Waals surface area (Å²) in [7, 11) is 1.73. The maximum Gasteiger partial charge on any atom is 0.324 e. The molecule has 3 rings (SSSR count). The predicted octanol–water partition coefficient (Wildman–Crippen LogP) is 3.53. The number of nitrogens with one attached hydrogen (secondary N) is 2. The Morgan fingerprint density at radius 2 is 2.00 bits per heavy atom. The molecule has 0 aliphatic carbocycles. The van der Waals surface area contributed by atoms with Gasteiger partial charge in [-0.15, -0.1) is 0 Å². The monoisotopic (exact) mass is 345 g/mol. The second kappa shape index (κ2) is 6.95. The van der Waals surface area contributed by atoms with Crippen molar-refractivity contribution in [3.8, 4) is 11.6 Å². The number of nitrogens with zero attached hydrogens (tertiary/aromatic N) is 3. The fourth-order valence-corrected chi connectivity index (χ4v) is 1.97. The van der Waals surface area contributed by atoms with E-state index < -0.39 is 17.7 Å². The lowest BCUT2D eigenvalue weighted by Crippen LogP contribution is -2.19. The van der Waals surface area contributed by atoms with Crippen molar-refractivity contribution in [3.63, 3.8) is 0 Å². The average molecular weight is 345 g/mol. The third kappa shape index (κ3) is 4.28. The Labute approximate surface area is 141 Å². The van der Waals surface area contributed by atoms with E-state index in [0.717, 1.165) is 12.1 Å². The highest BCUT2D eigenvalue weighted by molar-refractivity contribution is 5.99. The minimum Gasteiger partial charge on any atom is -0.436 e. The van der Waals surface area contributed by atoms with E-state index in [1.807, 2.05) is 0 Å². The molecule has 0 radical (unpaired) electrons. The molecule has 128 valence electrons. The number of aromatic nitrogens is 3. The first-order valence-corrected chi connectivity index (χ1v) is 7.16. The van der Waals surface area contributed by atoms with Gasteiger partial charge in [0.1, 0.15) is 5.82 Å². The van der Waals surface area contributed by atoms with Crippen molar-refractivity contribution in [2.45, 2.75) is 0 Å². The predicted molar refractivity (Wildman–Crippen MR) is 86.5 cm³/mol. The molecule has 25 heavy (non-hydrogen) atoms. The number of hydrogen-bond donors (Lipinski definition) is 2. The lowest BCUT2D eigenvalue weighted by atomic mass is 10.3. The van der Waals surface area contributed by atoms with E-state index >= 15 is 0 Å². The normalized spacial score (nSPS) is 10.4. The van der Waals surface area contributed by atoms with Crippen LogP contribution in [-0.2, 0) is 7.05 Å². The van der Waals surface area contributed by atoms with Gasteiger partial charge < -0.3 is 10.1 Å². The van der Waals surface area contributed by atoms with Gasteiger partial charge >= 0.3 is 6.03 Å². The Balaban J connectivity index is 1.67. The van der Waals surface area contributed by atoms with Gasteiger partial charge in [0.15, 0.2) is 17.4 Å². The number of rotatable bonds is 4. The first-order valence-electron chi connectivity index (χ1n) is 7.16. The van der Waals surface area contributed by atoms with Gasteiger partial charge in [-0.05, 0) is 18.2 Å². The largest absolute Gasteiger partial charge is 0.436 e. The zero-order chi connectivity index (χ0) is 17.8. The molecule has 9 heteroatoms. The van der Waals surface area contributed by atoms with E-state index in [2.05, 4.69) is 20.7 Å². The quantitative estimate of drug-likeness (QED) is 0.758. The molecule has 0 aliphatic heterocycles. The zero-order valence-corrected chi connectivity index (χ0v) is 13.0. The average Bonchev–Trinajstić information content (AvgIpc) is 2.95. The van der Waals surface area contributed by atoms with Crippen LogP contribution in [-0.4, -0.2) is 20.8 Å². The summed E-state index contributed by atoms with van der Waals surface area (Å²) in [5.41, 5.74) is 0.376. The lowest BCUT2D eigenvalue weighted by molar-refractivity contribution is 0.262. The van der Waals surface area contributed by atoms with Crippen molar-refractivity contribution < 1.29 is 18.3 Å². The van der Waals surface area contributed by atoms with Gasteiger partial charge in [0, 0.05) is 43.3 Å². The molecular formula is C16H13F2N5O2. The number of hydrogen-bond acceptors (Lipinski definition) is 4. The Hall–Kier alpha value is -3.49. The fourth-order valence-electron chi connectivity index (χ4n) is 1.97. The SMILES string of the molecule is Cn1ccc(NC(=O)Nc2ccnc(Oc3ccc(F)cc3F)c2)n1. The summed E-state index contributed by atoms with van der Waals surface area (Å²) in [6.07, 6.45) is 3.07. The van der Waals surface area contributed by atoms with E-state index in [1.165, 1.54) is 18.3 Å². The number of anilines is 2. The fraction of sp³-hybridized carbons (Fsp3) is 0.0625. The molecule has 0 aliphatic rings. The van der Waals surface area contributed by atoms with E-state index in [-0.39, 0.29) is 11.6 Å². The Kier molecular flexibility index (Phi) is 4.55. The Morgan fingerprint density at radius 1 is 1.16 bits per heavy atom. The summed E-state index contributed by atoms with van der Waals surface area (Å²) in [5.74, 6) is -1.31. The van der Waals surface area contributed by atoms with Gasteiger partial charge in [0.25, 0.3) is 0 Å². The number of aryl methyl sites for hydroxylation is 1. The van der Waals surface area contributed by atoms with Gasteiger partial charge in [-0.25, -0.2) is 18.6 Å². The number of ether oxygens (including phenoxy) is 1. The van der Waals surface area contributed by atoms with Gasteiger partial charge in [-0.3, -0.25) is 10.00 Å². The van der Waals surface area contributed by atoms with Crippen LogP contribution >= 0.6 is 0 Å². The molecule has 0 atom stereocenters. The number of carbonyl (C=O) groups excluding carboxylic acids is 1. The topological polar surface area (TPSA) is 81.1 Å². The summed E-state index contributed by atoms with van der Waals surface area (Å²) < 4.78 is 33.3. The second-order valence-corrected chi connectivity index (χ2v) is 5.01. The van der Waals surface area contributed by atoms with Gasteiger partial charge in [0.2, 0.25) is 5.88 Å². The lowest BCUT2D eigenvalue weighted by Gasteiger charge is -2.09. The molecule has 0 bridgehead atoms. The molecule has 2 aromatic heterocycles. The number of urea groups is 1. The van der Waals surface area contributed by atoms with Crippen LogP contribution in [0.15, 0.2) is 48.8 Å². The van der Waals surface area contributed by atoms with Crippen LogP contribution in [0.25, 0.3) is 0 Å². The third-order valence-corrected chi connectivity index (χ3v) is 3.06. The number of benzene rings is 1. The molecular weight excluding hydrogens is 332 g/mol. The highest BCUT2D eigenvalue weighted by Gasteiger charge is 2.09. The van der Waals surface area contributed by atoms with Crippen LogP contribution in [0.2, 0.25) is 0 Å². The molecule has 1 aromatic carbocycles. The summed E-state index contributed by atoms with van der Waals surface area (Å²) in [5, 5.41) is 9.15. The zero-order valence-electron chi connectivity index (χ0n) is 13.0. The van der Waals surface area contributed by atoms with Gasteiger partial charge in [-0.1, -0.05) is 0 Å². The van der Waals surface area contributed by atoms with Crippen molar-refractivity contribution in [1.29, 1.82) is 0 Å². The molecule has 3 aromatic rings. The van der Waals surface area contributed by atoms with Crippen molar-refractivity contribution in [2.24, 2.45) is 7.05 Å². The number of pyridine rings is 1. The molecule has 0 saturated carbocycles. The second-order valence-electron chi connectivity index (χ2n) is 5.01. The maximum absolute atomic E-state index is 13.6. The van der Waals surface area contributed by atoms with Crippen LogP contribution in [0.1, 0.15) is 0 Å². The van der Waals surface area contributed by atoms with Crippen LogP contribution in [0.4, 0.5) is 25.1 Å². The first kappa shape index (κ1) is 16.4. The van der Waals surface area contributed by atoms with Crippen LogP contribution in [0.5, 0.6) is 11.6 Å².